The molecule has 0 amide bonds. The number of hydrogen-bond donors (Lipinski definition) is 1. The Kier molecular flexibility index (Phi) is 6.42. The molecule has 1 aliphatic rings. The smallest absolute Gasteiger partial charge is 0.173 e. The van der Waals surface area contributed by atoms with Gasteiger partial charge < -0.3 is 15.1 Å². The van der Waals surface area contributed by atoms with Crippen molar-refractivity contribution in [2.45, 2.75) is 59.0 Å². The molecule has 0 aliphatic carbocycles. The van der Waals surface area contributed by atoms with Crippen LogP contribution in [0.3, 0.4) is 0 Å². The minimum atomic E-state index is 0.659. The Balaban J connectivity index is 1.90. The summed E-state index contributed by atoms with van der Waals surface area (Å²) in [5.41, 5.74) is 3.71. The molecule has 23 heavy (non-hydrogen) atoms. The van der Waals surface area contributed by atoms with Crippen LogP contribution in [0.4, 0.5) is 5.69 Å². The molecule has 2 rings (SSSR count). The predicted molar refractivity (Wildman–Crippen MR) is 104 cm³/mol. The molecule has 0 saturated carbocycles. The second kappa shape index (κ2) is 8.11. The zero-order valence-corrected chi connectivity index (χ0v) is 16.0. The van der Waals surface area contributed by atoms with Crippen molar-refractivity contribution in [1.29, 1.82) is 0 Å². The van der Waals surface area contributed by atoms with E-state index in [1.807, 2.05) is 0 Å². The minimum absolute atomic E-state index is 0.659. The van der Waals surface area contributed by atoms with E-state index in [0.717, 1.165) is 23.9 Å². The van der Waals surface area contributed by atoms with Crippen LogP contribution in [-0.4, -0.2) is 47.1 Å². The molecule has 1 N–H and O–H groups in total. The highest BCUT2D eigenvalue weighted by molar-refractivity contribution is 7.80. The summed E-state index contributed by atoms with van der Waals surface area (Å²) in [4.78, 5) is 4.86. The first-order chi connectivity index (χ1) is 10.9. The standard InChI is InChI=1S/C19H31N3S/c1-6-15(3)21(5)17-10-12-22(13-11-17)19(23)20-18-9-7-8-14(2)16(18)4/h7-9,15,17H,6,10-13H2,1-5H3,(H,20,23)/t15-/m1/s1. The van der Waals surface area contributed by atoms with Crippen LogP contribution in [0.5, 0.6) is 0 Å². The molecule has 0 aromatic heterocycles. The fraction of sp³-hybridized carbons (Fsp3) is 0.632. The van der Waals surface area contributed by atoms with Crippen molar-refractivity contribution < 1.29 is 0 Å². The first-order valence-corrected chi connectivity index (χ1v) is 9.19. The van der Waals surface area contributed by atoms with Gasteiger partial charge >= 0.3 is 0 Å². The molecular formula is C19H31N3S. The van der Waals surface area contributed by atoms with E-state index in [9.17, 15) is 0 Å². The van der Waals surface area contributed by atoms with Gasteiger partial charge in [0.25, 0.3) is 0 Å². The number of anilines is 1. The number of nitrogens with one attached hydrogen (secondary N) is 1. The molecule has 1 aliphatic heterocycles. The Hall–Kier alpha value is -1.13. The summed E-state index contributed by atoms with van der Waals surface area (Å²) in [6.45, 7) is 11.0. The maximum atomic E-state index is 5.64. The van der Waals surface area contributed by atoms with Gasteiger partial charge in [0.1, 0.15) is 0 Å². The highest BCUT2D eigenvalue weighted by Crippen LogP contribution is 2.21. The van der Waals surface area contributed by atoms with Gasteiger partial charge in [0.15, 0.2) is 5.11 Å². The molecule has 3 nitrogen and oxygen atoms in total. The third-order valence-corrected chi connectivity index (χ3v) is 5.82. The summed E-state index contributed by atoms with van der Waals surface area (Å²) in [6, 6.07) is 7.68. The maximum absolute atomic E-state index is 5.64. The van der Waals surface area contributed by atoms with E-state index in [-0.39, 0.29) is 0 Å². The average Bonchev–Trinajstić information content (AvgIpc) is 2.57. The lowest BCUT2D eigenvalue weighted by molar-refractivity contribution is 0.126. The minimum Gasteiger partial charge on any atom is -0.349 e. The quantitative estimate of drug-likeness (QED) is 0.832. The molecule has 1 heterocycles. The lowest BCUT2D eigenvalue weighted by Crippen LogP contribution is -2.48. The van der Waals surface area contributed by atoms with Crippen molar-refractivity contribution in [3.8, 4) is 0 Å². The molecule has 4 heteroatoms. The van der Waals surface area contributed by atoms with Crippen LogP contribution in [-0.2, 0) is 0 Å². The average molecular weight is 334 g/mol. The van der Waals surface area contributed by atoms with Crippen LogP contribution >= 0.6 is 12.2 Å². The van der Waals surface area contributed by atoms with Gasteiger partial charge in [-0.2, -0.15) is 0 Å². The first kappa shape index (κ1) is 18.2. The Morgan fingerprint density at radius 1 is 1.35 bits per heavy atom. The second-order valence-corrected chi connectivity index (χ2v) is 7.21. The van der Waals surface area contributed by atoms with Crippen LogP contribution in [0, 0.1) is 13.8 Å². The monoisotopic (exact) mass is 333 g/mol. The van der Waals surface area contributed by atoms with Gasteiger partial charge in [0, 0.05) is 30.9 Å². The topological polar surface area (TPSA) is 18.5 Å². The Labute approximate surface area is 147 Å². The fourth-order valence-electron chi connectivity index (χ4n) is 3.20. The number of likely N-dealkylation sites (tertiary alicyclic amines) is 1. The van der Waals surface area contributed by atoms with Crippen LogP contribution in [0.1, 0.15) is 44.2 Å². The summed E-state index contributed by atoms with van der Waals surface area (Å²) < 4.78 is 0. The molecule has 1 aromatic rings. The molecule has 1 saturated heterocycles. The number of piperidine rings is 1. The van der Waals surface area contributed by atoms with E-state index in [4.69, 9.17) is 12.2 Å². The van der Waals surface area contributed by atoms with Gasteiger partial charge in [-0.3, -0.25) is 0 Å². The van der Waals surface area contributed by atoms with Crippen LogP contribution in [0.25, 0.3) is 0 Å². The number of benzene rings is 1. The number of aryl methyl sites for hydroxylation is 1. The Morgan fingerprint density at radius 2 is 2.00 bits per heavy atom. The van der Waals surface area contributed by atoms with Gasteiger partial charge in [-0.05, 0) is 76.5 Å². The fourth-order valence-corrected chi connectivity index (χ4v) is 3.50. The van der Waals surface area contributed by atoms with Gasteiger partial charge in [-0.25, -0.2) is 0 Å². The van der Waals surface area contributed by atoms with Crippen LogP contribution in [0.2, 0.25) is 0 Å². The van der Waals surface area contributed by atoms with Crippen molar-refractivity contribution in [3.63, 3.8) is 0 Å². The Bertz CT molecular complexity index is 535. The predicted octanol–water partition coefficient (Wildman–Crippen LogP) is 4.19. The van der Waals surface area contributed by atoms with E-state index in [1.54, 1.807) is 0 Å². The largest absolute Gasteiger partial charge is 0.349 e. The van der Waals surface area contributed by atoms with Gasteiger partial charge in [0.2, 0.25) is 0 Å². The molecule has 1 fully saturated rings. The van der Waals surface area contributed by atoms with E-state index < -0.39 is 0 Å². The lowest BCUT2D eigenvalue weighted by Gasteiger charge is -2.40. The molecule has 0 bridgehead atoms. The third kappa shape index (κ3) is 4.45. The lowest BCUT2D eigenvalue weighted by atomic mass is 10.0. The number of hydrogen-bond acceptors (Lipinski definition) is 2. The van der Waals surface area contributed by atoms with Crippen LogP contribution < -0.4 is 5.32 Å². The summed E-state index contributed by atoms with van der Waals surface area (Å²) in [7, 11) is 2.27. The summed E-state index contributed by atoms with van der Waals surface area (Å²) in [6.07, 6.45) is 3.59. The van der Waals surface area contributed by atoms with Crippen LogP contribution in [0.15, 0.2) is 18.2 Å². The highest BCUT2D eigenvalue weighted by Gasteiger charge is 2.25. The van der Waals surface area contributed by atoms with E-state index in [2.05, 4.69) is 68.1 Å². The third-order valence-electron chi connectivity index (χ3n) is 5.46. The van der Waals surface area contributed by atoms with E-state index in [1.165, 1.54) is 30.4 Å². The van der Waals surface area contributed by atoms with E-state index in [0.29, 0.717) is 12.1 Å². The molecule has 128 valence electrons. The summed E-state index contributed by atoms with van der Waals surface area (Å²) >= 11 is 5.64. The number of rotatable bonds is 4. The second-order valence-electron chi connectivity index (χ2n) is 6.82. The van der Waals surface area contributed by atoms with Crippen molar-refractivity contribution in [3.05, 3.63) is 29.3 Å². The SMILES string of the molecule is CC[C@@H](C)N(C)C1CCN(C(=S)Nc2cccc(C)c2C)CC1. The van der Waals surface area contributed by atoms with Crippen molar-refractivity contribution in [1.82, 2.24) is 9.80 Å². The zero-order chi connectivity index (χ0) is 17.0. The zero-order valence-electron chi connectivity index (χ0n) is 15.2. The summed E-state index contributed by atoms with van der Waals surface area (Å²) in [5.74, 6) is 0. The molecule has 1 aromatic carbocycles. The van der Waals surface area contributed by atoms with Crippen molar-refractivity contribution in [2.24, 2.45) is 0 Å². The number of thiocarbonyl (C=S) groups is 1. The van der Waals surface area contributed by atoms with Gasteiger partial charge in [-0.1, -0.05) is 19.1 Å². The molecular weight excluding hydrogens is 302 g/mol. The maximum Gasteiger partial charge on any atom is 0.173 e. The highest BCUT2D eigenvalue weighted by atomic mass is 32.1. The molecule has 0 spiro atoms. The van der Waals surface area contributed by atoms with Gasteiger partial charge in [0.05, 0.1) is 0 Å². The van der Waals surface area contributed by atoms with Crippen molar-refractivity contribution in [2.75, 3.05) is 25.5 Å². The van der Waals surface area contributed by atoms with Gasteiger partial charge in [-0.15, -0.1) is 0 Å². The molecule has 1 atom stereocenters. The first-order valence-electron chi connectivity index (χ1n) is 8.78. The molecule has 0 unspecified atom stereocenters. The number of nitrogens with zero attached hydrogens (tertiary/aromatic N) is 2. The summed E-state index contributed by atoms with van der Waals surface area (Å²) in [5, 5.41) is 4.31. The normalized spacial score (nSPS) is 17.4. The Morgan fingerprint density at radius 3 is 2.61 bits per heavy atom. The van der Waals surface area contributed by atoms with Crippen molar-refractivity contribution >= 4 is 23.0 Å². The molecule has 0 radical (unpaired) electrons. The van der Waals surface area contributed by atoms with E-state index >= 15 is 0 Å².